The first kappa shape index (κ1) is 12.2. The van der Waals surface area contributed by atoms with Crippen LogP contribution in [-0.2, 0) is 11.2 Å². The van der Waals surface area contributed by atoms with Crippen molar-refractivity contribution in [2.24, 2.45) is 0 Å². The number of nitrogens with zero attached hydrogens (tertiary/aromatic N) is 2. The van der Waals surface area contributed by atoms with Crippen LogP contribution in [0.1, 0.15) is 22.5 Å². The first-order valence-electron chi connectivity index (χ1n) is 5.83. The van der Waals surface area contributed by atoms with E-state index in [-0.39, 0.29) is 5.97 Å². The predicted molar refractivity (Wildman–Crippen MR) is 67.1 cm³/mol. The second-order valence-corrected chi connectivity index (χ2v) is 3.81. The molecule has 0 bridgehead atoms. The van der Waals surface area contributed by atoms with Gasteiger partial charge in [-0.05, 0) is 42.7 Å². The molecule has 2 rings (SSSR count). The van der Waals surface area contributed by atoms with Crippen molar-refractivity contribution < 1.29 is 9.53 Å². The number of pyridine rings is 2. The molecule has 0 aliphatic rings. The number of aryl methyl sites for hydroxylation is 1. The smallest absolute Gasteiger partial charge is 0.356 e. The molecular formula is C14H14N2O2. The molecule has 0 aliphatic heterocycles. The van der Waals surface area contributed by atoms with E-state index in [4.69, 9.17) is 4.74 Å². The van der Waals surface area contributed by atoms with Crippen molar-refractivity contribution in [2.75, 3.05) is 6.61 Å². The zero-order valence-electron chi connectivity index (χ0n) is 9.95. The molecule has 0 amide bonds. The minimum Gasteiger partial charge on any atom is -0.461 e. The van der Waals surface area contributed by atoms with Gasteiger partial charge in [-0.2, -0.15) is 0 Å². The number of hydrogen-bond acceptors (Lipinski definition) is 4. The molecule has 0 atom stereocenters. The molecule has 0 aromatic carbocycles. The van der Waals surface area contributed by atoms with Crippen LogP contribution < -0.4 is 0 Å². The molecule has 2 heterocycles. The molecule has 0 saturated heterocycles. The monoisotopic (exact) mass is 242 g/mol. The van der Waals surface area contributed by atoms with Crippen LogP contribution in [0.2, 0.25) is 0 Å². The quantitative estimate of drug-likeness (QED) is 0.596. The van der Waals surface area contributed by atoms with E-state index in [0.29, 0.717) is 12.3 Å². The first-order chi connectivity index (χ1) is 8.86. The van der Waals surface area contributed by atoms with Crippen molar-refractivity contribution in [2.45, 2.75) is 12.8 Å². The van der Waals surface area contributed by atoms with Gasteiger partial charge in [0.2, 0.25) is 0 Å². The third-order valence-electron chi connectivity index (χ3n) is 2.47. The molecule has 0 unspecified atom stereocenters. The Bertz CT molecular complexity index is 486. The van der Waals surface area contributed by atoms with Gasteiger partial charge in [0, 0.05) is 18.6 Å². The maximum Gasteiger partial charge on any atom is 0.356 e. The highest BCUT2D eigenvalue weighted by molar-refractivity contribution is 5.87. The maximum absolute atomic E-state index is 11.6. The van der Waals surface area contributed by atoms with Gasteiger partial charge < -0.3 is 4.74 Å². The van der Waals surface area contributed by atoms with Crippen LogP contribution in [0.3, 0.4) is 0 Å². The van der Waals surface area contributed by atoms with Gasteiger partial charge in [-0.25, -0.2) is 9.78 Å². The molecular weight excluding hydrogens is 228 g/mol. The van der Waals surface area contributed by atoms with Gasteiger partial charge in [0.15, 0.2) is 0 Å². The minimum absolute atomic E-state index is 0.349. The van der Waals surface area contributed by atoms with Crippen molar-refractivity contribution in [3.8, 4) is 0 Å². The fourth-order valence-corrected chi connectivity index (χ4v) is 1.55. The Kier molecular flexibility index (Phi) is 4.41. The molecule has 4 heteroatoms. The largest absolute Gasteiger partial charge is 0.461 e. The van der Waals surface area contributed by atoms with Gasteiger partial charge in [-0.15, -0.1) is 0 Å². The van der Waals surface area contributed by atoms with E-state index in [9.17, 15) is 4.79 Å². The Hall–Kier alpha value is -2.23. The van der Waals surface area contributed by atoms with E-state index >= 15 is 0 Å². The van der Waals surface area contributed by atoms with Gasteiger partial charge in [-0.3, -0.25) is 4.98 Å². The summed E-state index contributed by atoms with van der Waals surface area (Å²) in [5.41, 5.74) is 1.54. The Morgan fingerprint density at radius 2 is 1.94 bits per heavy atom. The van der Waals surface area contributed by atoms with Gasteiger partial charge in [0.25, 0.3) is 0 Å². The lowest BCUT2D eigenvalue weighted by molar-refractivity contribution is 0.0493. The van der Waals surface area contributed by atoms with E-state index in [1.165, 1.54) is 5.56 Å². The summed E-state index contributed by atoms with van der Waals surface area (Å²) in [5.74, 6) is -0.370. The van der Waals surface area contributed by atoms with E-state index in [0.717, 1.165) is 12.8 Å². The first-order valence-corrected chi connectivity index (χ1v) is 5.83. The average Bonchev–Trinajstić information content (AvgIpc) is 2.45. The van der Waals surface area contributed by atoms with Crippen molar-refractivity contribution in [1.29, 1.82) is 0 Å². The summed E-state index contributed by atoms with van der Waals surface area (Å²) in [7, 11) is 0. The molecule has 4 nitrogen and oxygen atoms in total. The van der Waals surface area contributed by atoms with E-state index in [1.54, 1.807) is 36.8 Å². The number of carbonyl (C=O) groups excluding carboxylic acids is 1. The lowest BCUT2D eigenvalue weighted by Gasteiger charge is -2.04. The fourth-order valence-electron chi connectivity index (χ4n) is 1.55. The molecule has 0 N–H and O–H groups in total. The van der Waals surface area contributed by atoms with Crippen molar-refractivity contribution >= 4 is 5.97 Å². The number of ether oxygens (including phenoxy) is 1. The molecule has 0 fully saturated rings. The predicted octanol–water partition coefficient (Wildman–Crippen LogP) is 2.27. The molecule has 0 saturated carbocycles. The molecule has 0 spiro atoms. The Balaban J connectivity index is 1.72. The van der Waals surface area contributed by atoms with Crippen LogP contribution in [0, 0.1) is 0 Å². The van der Waals surface area contributed by atoms with Crippen molar-refractivity contribution in [1.82, 2.24) is 9.97 Å². The summed E-state index contributed by atoms with van der Waals surface area (Å²) in [6.07, 6.45) is 6.76. The number of aromatic nitrogens is 2. The normalized spacial score (nSPS) is 10.0. The Morgan fingerprint density at radius 1 is 1.11 bits per heavy atom. The second kappa shape index (κ2) is 6.49. The van der Waals surface area contributed by atoms with Crippen molar-refractivity contribution in [3.63, 3.8) is 0 Å². The summed E-state index contributed by atoms with van der Waals surface area (Å²) in [6, 6.07) is 9.09. The molecule has 0 aliphatic carbocycles. The summed E-state index contributed by atoms with van der Waals surface area (Å²) in [6.45, 7) is 0.401. The minimum atomic E-state index is -0.370. The van der Waals surface area contributed by atoms with E-state index in [2.05, 4.69) is 9.97 Å². The van der Waals surface area contributed by atoms with Crippen LogP contribution in [0.15, 0.2) is 48.9 Å². The van der Waals surface area contributed by atoms with Crippen LogP contribution in [0.25, 0.3) is 0 Å². The third-order valence-corrected chi connectivity index (χ3v) is 2.47. The van der Waals surface area contributed by atoms with Crippen LogP contribution in [0.5, 0.6) is 0 Å². The molecule has 0 radical (unpaired) electrons. The van der Waals surface area contributed by atoms with Gasteiger partial charge >= 0.3 is 5.97 Å². The van der Waals surface area contributed by atoms with Gasteiger partial charge in [0.05, 0.1) is 6.61 Å². The molecule has 92 valence electrons. The fraction of sp³-hybridized carbons (Fsp3) is 0.214. The van der Waals surface area contributed by atoms with E-state index < -0.39 is 0 Å². The highest BCUT2D eigenvalue weighted by atomic mass is 16.5. The topological polar surface area (TPSA) is 52.1 Å². The highest BCUT2D eigenvalue weighted by Crippen LogP contribution is 2.02. The molecule has 18 heavy (non-hydrogen) atoms. The summed E-state index contributed by atoms with van der Waals surface area (Å²) in [4.78, 5) is 19.4. The standard InChI is InChI=1S/C14H14N2O2/c17-14(13-5-1-2-8-16-13)18-11-3-4-12-6-9-15-10-7-12/h1-2,5-10H,3-4,11H2. The Labute approximate surface area is 106 Å². The average molecular weight is 242 g/mol. The lowest BCUT2D eigenvalue weighted by atomic mass is 10.1. The number of hydrogen-bond donors (Lipinski definition) is 0. The summed E-state index contributed by atoms with van der Waals surface area (Å²) in [5, 5.41) is 0. The zero-order chi connectivity index (χ0) is 12.6. The Morgan fingerprint density at radius 3 is 2.67 bits per heavy atom. The SMILES string of the molecule is O=C(OCCCc1ccncc1)c1ccccn1. The number of carbonyl (C=O) groups is 1. The zero-order valence-corrected chi connectivity index (χ0v) is 9.95. The van der Waals surface area contributed by atoms with Crippen LogP contribution in [0.4, 0.5) is 0 Å². The van der Waals surface area contributed by atoms with Gasteiger partial charge in [0.1, 0.15) is 5.69 Å². The van der Waals surface area contributed by atoms with Crippen molar-refractivity contribution in [3.05, 3.63) is 60.2 Å². The van der Waals surface area contributed by atoms with Crippen LogP contribution >= 0.6 is 0 Å². The highest BCUT2D eigenvalue weighted by Gasteiger charge is 2.06. The molecule has 2 aromatic rings. The lowest BCUT2D eigenvalue weighted by Crippen LogP contribution is -2.08. The van der Waals surface area contributed by atoms with Crippen LogP contribution in [-0.4, -0.2) is 22.5 Å². The third kappa shape index (κ3) is 3.66. The maximum atomic E-state index is 11.6. The number of esters is 1. The summed E-state index contributed by atoms with van der Waals surface area (Å²) >= 11 is 0. The molecule has 2 aromatic heterocycles. The van der Waals surface area contributed by atoms with Gasteiger partial charge in [-0.1, -0.05) is 6.07 Å². The number of rotatable bonds is 5. The summed E-state index contributed by atoms with van der Waals surface area (Å²) < 4.78 is 5.13. The second-order valence-electron chi connectivity index (χ2n) is 3.81. The van der Waals surface area contributed by atoms with E-state index in [1.807, 2.05) is 12.1 Å².